The van der Waals surface area contributed by atoms with Gasteiger partial charge in [0.2, 0.25) is 0 Å². The number of rotatable bonds is 9. The van der Waals surface area contributed by atoms with Gasteiger partial charge in [0.05, 0.1) is 6.61 Å². The third-order valence-electron chi connectivity index (χ3n) is 8.02. The number of methoxy groups -OCH3 is 1. The highest BCUT2D eigenvalue weighted by atomic mass is 16.8. The number of hydrogen-bond acceptors (Lipinski definition) is 5. The molecule has 0 aliphatic heterocycles. The van der Waals surface area contributed by atoms with Crippen molar-refractivity contribution in [1.82, 2.24) is 0 Å². The summed E-state index contributed by atoms with van der Waals surface area (Å²) in [5, 5.41) is 0. The van der Waals surface area contributed by atoms with Gasteiger partial charge in [-0.1, -0.05) is 42.2 Å². The number of hydrogen-bond donors (Lipinski definition) is 0. The zero-order chi connectivity index (χ0) is 25.0. The van der Waals surface area contributed by atoms with Crippen LogP contribution < -0.4 is 4.74 Å². The number of ether oxygens (including phenoxy) is 4. The molecule has 1 unspecified atom stereocenters. The van der Waals surface area contributed by atoms with E-state index in [4.69, 9.17) is 18.9 Å². The highest BCUT2D eigenvalue weighted by molar-refractivity contribution is 5.72. The van der Waals surface area contributed by atoms with Crippen LogP contribution in [-0.2, 0) is 31.0 Å². The normalized spacial score (nSPS) is 26.7. The van der Waals surface area contributed by atoms with Gasteiger partial charge in [0.25, 0.3) is 0 Å². The van der Waals surface area contributed by atoms with E-state index < -0.39 is 6.48 Å². The molecule has 0 amide bonds. The summed E-state index contributed by atoms with van der Waals surface area (Å²) < 4.78 is 22.6. The molecule has 4 aliphatic rings. The zero-order valence-electron chi connectivity index (χ0n) is 21.3. The molecule has 36 heavy (non-hydrogen) atoms. The van der Waals surface area contributed by atoms with Crippen LogP contribution >= 0.6 is 0 Å². The predicted octanol–water partition coefficient (Wildman–Crippen LogP) is 5.98. The SMILES string of the molecule is CCOC(OC)Oc1ccc(C#CCC(=O)OCc2ccccc2)cc1C12CC3CC(CC(C3)C1)C2. The molecule has 2 aromatic rings. The van der Waals surface area contributed by atoms with Gasteiger partial charge in [-0.15, -0.1) is 0 Å². The van der Waals surface area contributed by atoms with E-state index in [2.05, 4.69) is 17.9 Å². The summed E-state index contributed by atoms with van der Waals surface area (Å²) in [6.45, 7) is 1.97. The zero-order valence-corrected chi connectivity index (χ0v) is 21.3. The lowest BCUT2D eigenvalue weighted by Gasteiger charge is -2.57. The second-order valence-corrected chi connectivity index (χ2v) is 10.6. The Morgan fingerprint density at radius 3 is 2.36 bits per heavy atom. The molecule has 1 atom stereocenters. The second kappa shape index (κ2) is 11.1. The molecular formula is C31H36O5. The largest absolute Gasteiger partial charge is 0.460 e. The fraction of sp³-hybridized carbons (Fsp3) is 0.516. The summed E-state index contributed by atoms with van der Waals surface area (Å²) in [6.07, 6.45) is 7.83. The van der Waals surface area contributed by atoms with Gasteiger partial charge in [-0.05, 0) is 92.4 Å². The Bertz CT molecular complexity index is 1080. The molecule has 0 aromatic heterocycles. The molecule has 0 spiro atoms. The van der Waals surface area contributed by atoms with E-state index in [1.165, 1.54) is 44.1 Å². The van der Waals surface area contributed by atoms with Crippen LogP contribution in [0.1, 0.15) is 68.6 Å². The predicted molar refractivity (Wildman–Crippen MR) is 137 cm³/mol. The Kier molecular flexibility index (Phi) is 7.65. The molecule has 0 radical (unpaired) electrons. The fourth-order valence-corrected chi connectivity index (χ4v) is 6.96. The first kappa shape index (κ1) is 24.9. The minimum Gasteiger partial charge on any atom is -0.460 e. The third kappa shape index (κ3) is 5.61. The number of benzene rings is 2. The van der Waals surface area contributed by atoms with Gasteiger partial charge in [-0.3, -0.25) is 4.79 Å². The maximum absolute atomic E-state index is 12.2. The minimum atomic E-state index is -0.737. The number of carbonyl (C=O) groups is 1. The van der Waals surface area contributed by atoms with Crippen LogP contribution in [0.25, 0.3) is 0 Å². The van der Waals surface area contributed by atoms with E-state index in [0.29, 0.717) is 6.61 Å². The van der Waals surface area contributed by atoms with E-state index in [0.717, 1.165) is 34.6 Å². The molecule has 190 valence electrons. The molecule has 0 N–H and O–H groups in total. The Morgan fingerprint density at radius 2 is 1.72 bits per heavy atom. The maximum Gasteiger partial charge on any atom is 0.318 e. The van der Waals surface area contributed by atoms with Crippen molar-refractivity contribution in [3.8, 4) is 17.6 Å². The van der Waals surface area contributed by atoms with Crippen LogP contribution in [0.4, 0.5) is 0 Å². The van der Waals surface area contributed by atoms with Crippen LogP contribution in [-0.4, -0.2) is 26.2 Å². The Balaban J connectivity index is 1.34. The van der Waals surface area contributed by atoms with Gasteiger partial charge < -0.3 is 18.9 Å². The Morgan fingerprint density at radius 1 is 1.03 bits per heavy atom. The van der Waals surface area contributed by atoms with Crippen molar-refractivity contribution in [1.29, 1.82) is 0 Å². The number of esters is 1. The van der Waals surface area contributed by atoms with E-state index in [-0.39, 0.29) is 24.4 Å². The lowest BCUT2D eigenvalue weighted by Crippen LogP contribution is -2.48. The van der Waals surface area contributed by atoms with Gasteiger partial charge in [0.1, 0.15) is 18.8 Å². The van der Waals surface area contributed by atoms with Crippen molar-refractivity contribution in [3.05, 3.63) is 65.2 Å². The quantitative estimate of drug-likeness (QED) is 0.247. The van der Waals surface area contributed by atoms with Crippen molar-refractivity contribution in [2.45, 2.75) is 70.4 Å². The summed E-state index contributed by atoms with van der Waals surface area (Å²) >= 11 is 0. The van der Waals surface area contributed by atoms with Gasteiger partial charge in [0.15, 0.2) is 0 Å². The third-order valence-corrected chi connectivity index (χ3v) is 8.02. The van der Waals surface area contributed by atoms with Crippen molar-refractivity contribution in [3.63, 3.8) is 0 Å². The molecule has 2 aromatic carbocycles. The topological polar surface area (TPSA) is 54.0 Å². The van der Waals surface area contributed by atoms with Gasteiger partial charge in [0, 0.05) is 18.2 Å². The van der Waals surface area contributed by atoms with Crippen LogP contribution in [0.5, 0.6) is 5.75 Å². The summed E-state index contributed by atoms with van der Waals surface area (Å²) in [7, 11) is 1.60. The lowest BCUT2D eigenvalue weighted by atomic mass is 9.48. The molecule has 5 heteroatoms. The van der Waals surface area contributed by atoms with Gasteiger partial charge >= 0.3 is 12.4 Å². The minimum absolute atomic E-state index is 0.0634. The first-order valence-corrected chi connectivity index (χ1v) is 13.2. The van der Waals surface area contributed by atoms with Crippen molar-refractivity contribution in [2.75, 3.05) is 13.7 Å². The van der Waals surface area contributed by atoms with Crippen LogP contribution in [0.2, 0.25) is 0 Å². The van der Waals surface area contributed by atoms with Gasteiger partial charge in [-0.25, -0.2) is 0 Å². The first-order chi connectivity index (χ1) is 17.6. The fourth-order valence-electron chi connectivity index (χ4n) is 6.96. The van der Waals surface area contributed by atoms with E-state index >= 15 is 0 Å². The standard InChI is InChI=1S/C31H36O5/c1-3-34-30(33-2)36-28-13-12-22(10-7-11-29(32)35-21-23-8-5-4-6-9-23)17-27(28)31-18-24-14-25(19-31)16-26(15-24)20-31/h4-6,8-9,12-13,17,24-26,30H,3,11,14-16,18-21H2,1-2H3. The highest BCUT2D eigenvalue weighted by Gasteiger charge is 2.52. The average Bonchev–Trinajstić information content (AvgIpc) is 2.87. The van der Waals surface area contributed by atoms with Gasteiger partial charge in [-0.2, -0.15) is 0 Å². The molecule has 4 saturated carbocycles. The Labute approximate surface area is 214 Å². The maximum atomic E-state index is 12.2. The van der Waals surface area contributed by atoms with E-state index in [9.17, 15) is 4.79 Å². The monoisotopic (exact) mass is 488 g/mol. The van der Waals surface area contributed by atoms with Crippen LogP contribution in [0, 0.1) is 29.6 Å². The van der Waals surface area contributed by atoms with E-state index in [1.807, 2.05) is 49.4 Å². The van der Waals surface area contributed by atoms with Crippen molar-refractivity contribution >= 4 is 5.97 Å². The average molecular weight is 489 g/mol. The molecule has 6 rings (SSSR count). The molecule has 5 nitrogen and oxygen atoms in total. The number of carbonyl (C=O) groups excluding carboxylic acids is 1. The summed E-state index contributed by atoms with van der Waals surface area (Å²) in [4.78, 5) is 12.2. The summed E-state index contributed by atoms with van der Waals surface area (Å²) in [5.41, 5.74) is 3.22. The molecule has 0 saturated heterocycles. The first-order valence-electron chi connectivity index (χ1n) is 13.2. The smallest absolute Gasteiger partial charge is 0.318 e. The van der Waals surface area contributed by atoms with E-state index in [1.54, 1.807) is 7.11 Å². The highest BCUT2D eigenvalue weighted by Crippen LogP contribution is 2.62. The lowest BCUT2D eigenvalue weighted by molar-refractivity contribution is -0.231. The molecular weight excluding hydrogens is 452 g/mol. The molecule has 0 heterocycles. The van der Waals surface area contributed by atoms with Crippen LogP contribution in [0.3, 0.4) is 0 Å². The molecule has 4 bridgehead atoms. The van der Waals surface area contributed by atoms with Crippen molar-refractivity contribution < 1.29 is 23.7 Å². The molecule has 4 aliphatic carbocycles. The summed E-state index contributed by atoms with van der Waals surface area (Å²) in [5.74, 6) is 9.15. The van der Waals surface area contributed by atoms with Crippen molar-refractivity contribution in [2.24, 2.45) is 17.8 Å². The second-order valence-electron chi connectivity index (χ2n) is 10.6. The summed E-state index contributed by atoms with van der Waals surface area (Å²) in [6, 6.07) is 15.8. The molecule has 4 fully saturated rings. The van der Waals surface area contributed by atoms with Crippen LogP contribution in [0.15, 0.2) is 48.5 Å². The Hall–Kier alpha value is -2.81.